The van der Waals surface area contributed by atoms with Gasteiger partial charge < -0.3 is 10.1 Å². The third-order valence-electron chi connectivity index (χ3n) is 4.03. The number of benzene rings is 2. The van der Waals surface area contributed by atoms with Crippen LogP contribution in [0.5, 0.6) is 11.5 Å². The van der Waals surface area contributed by atoms with Crippen molar-refractivity contribution in [1.29, 1.82) is 0 Å². The molecular formula is C22H21ClN2O2. The molecule has 1 heterocycles. The lowest BCUT2D eigenvalue weighted by molar-refractivity contribution is 0.0913. The molecule has 0 unspecified atom stereocenters. The average Bonchev–Trinajstić information content (AvgIpc) is 2.64. The Morgan fingerprint density at radius 3 is 2.44 bits per heavy atom. The Morgan fingerprint density at radius 2 is 1.78 bits per heavy atom. The van der Waals surface area contributed by atoms with Gasteiger partial charge in [0.05, 0.1) is 6.20 Å². The van der Waals surface area contributed by atoms with Crippen LogP contribution in [-0.2, 0) is 6.42 Å². The predicted molar refractivity (Wildman–Crippen MR) is 107 cm³/mol. The fourth-order valence-corrected chi connectivity index (χ4v) is 2.96. The van der Waals surface area contributed by atoms with E-state index in [0.717, 1.165) is 5.56 Å². The molecule has 4 nitrogen and oxygen atoms in total. The maximum atomic E-state index is 12.6. The Kier molecular flexibility index (Phi) is 5.77. The van der Waals surface area contributed by atoms with E-state index in [1.165, 1.54) is 0 Å². The summed E-state index contributed by atoms with van der Waals surface area (Å²) in [4.78, 5) is 16.6. The minimum Gasteiger partial charge on any atom is -0.456 e. The number of hydrogen-bond donors (Lipinski definition) is 1. The highest BCUT2D eigenvalue weighted by Gasteiger charge is 2.22. The first kappa shape index (κ1) is 18.9. The van der Waals surface area contributed by atoms with Crippen LogP contribution in [0.4, 0.5) is 0 Å². The van der Waals surface area contributed by atoms with Gasteiger partial charge in [-0.05, 0) is 68.3 Å². The first-order valence-corrected chi connectivity index (χ1v) is 9.05. The molecule has 1 amide bonds. The summed E-state index contributed by atoms with van der Waals surface area (Å²) in [6.07, 6.45) is 3.96. The second kappa shape index (κ2) is 8.23. The largest absolute Gasteiger partial charge is 0.456 e. The van der Waals surface area contributed by atoms with E-state index in [1.807, 2.05) is 44.2 Å². The van der Waals surface area contributed by atoms with Crippen LogP contribution in [0, 0.1) is 0 Å². The van der Waals surface area contributed by atoms with Gasteiger partial charge in [0.25, 0.3) is 5.91 Å². The van der Waals surface area contributed by atoms with Crippen molar-refractivity contribution in [2.24, 2.45) is 0 Å². The van der Waals surface area contributed by atoms with Gasteiger partial charge in [-0.25, -0.2) is 0 Å². The number of aromatic nitrogens is 1. The molecule has 0 aliphatic heterocycles. The Hall–Kier alpha value is -2.85. The fourth-order valence-electron chi connectivity index (χ4n) is 2.76. The third-order valence-corrected chi connectivity index (χ3v) is 4.40. The van der Waals surface area contributed by atoms with Gasteiger partial charge in [0.1, 0.15) is 11.5 Å². The van der Waals surface area contributed by atoms with E-state index in [9.17, 15) is 4.79 Å². The van der Waals surface area contributed by atoms with Gasteiger partial charge in [-0.1, -0.05) is 29.8 Å². The molecule has 0 aliphatic carbocycles. The van der Waals surface area contributed by atoms with Crippen molar-refractivity contribution in [3.05, 3.63) is 89.2 Å². The van der Waals surface area contributed by atoms with E-state index in [-0.39, 0.29) is 5.91 Å². The smallest absolute Gasteiger partial charge is 0.251 e. The standard InChI is InChI=1S/C22H21ClN2O2/c1-22(2,14-17-6-3-4-8-20(17)23)25-21(26)16-9-11-18(12-10-16)27-19-7-5-13-24-15-19/h3-13,15H,14H2,1-2H3,(H,25,26). The highest BCUT2D eigenvalue weighted by atomic mass is 35.5. The van der Waals surface area contributed by atoms with E-state index >= 15 is 0 Å². The number of ether oxygens (including phenoxy) is 1. The molecule has 0 spiro atoms. The average molecular weight is 381 g/mol. The van der Waals surface area contributed by atoms with E-state index in [2.05, 4.69) is 10.3 Å². The summed E-state index contributed by atoms with van der Waals surface area (Å²) in [5.74, 6) is 1.16. The van der Waals surface area contributed by atoms with Crippen molar-refractivity contribution >= 4 is 17.5 Å². The molecular weight excluding hydrogens is 360 g/mol. The normalized spacial score (nSPS) is 11.1. The lowest BCUT2D eigenvalue weighted by Gasteiger charge is -2.27. The topological polar surface area (TPSA) is 51.2 Å². The van der Waals surface area contributed by atoms with Crippen molar-refractivity contribution in [1.82, 2.24) is 10.3 Å². The van der Waals surface area contributed by atoms with E-state index in [0.29, 0.717) is 28.5 Å². The number of pyridine rings is 1. The van der Waals surface area contributed by atoms with E-state index in [4.69, 9.17) is 16.3 Å². The van der Waals surface area contributed by atoms with Crippen LogP contribution in [0.2, 0.25) is 5.02 Å². The zero-order valence-electron chi connectivity index (χ0n) is 15.3. The highest BCUT2D eigenvalue weighted by molar-refractivity contribution is 6.31. The van der Waals surface area contributed by atoms with Crippen molar-refractivity contribution in [2.45, 2.75) is 25.8 Å². The van der Waals surface area contributed by atoms with Crippen LogP contribution in [-0.4, -0.2) is 16.4 Å². The number of carbonyl (C=O) groups excluding carboxylic acids is 1. The van der Waals surface area contributed by atoms with Crippen molar-refractivity contribution in [3.63, 3.8) is 0 Å². The maximum absolute atomic E-state index is 12.6. The Morgan fingerprint density at radius 1 is 1.04 bits per heavy atom. The molecule has 27 heavy (non-hydrogen) atoms. The summed E-state index contributed by atoms with van der Waals surface area (Å²) >= 11 is 6.24. The Labute approximate surface area is 164 Å². The van der Waals surface area contributed by atoms with E-state index < -0.39 is 5.54 Å². The lowest BCUT2D eigenvalue weighted by Crippen LogP contribution is -2.45. The summed E-state index contributed by atoms with van der Waals surface area (Å²) in [6.45, 7) is 3.96. The van der Waals surface area contributed by atoms with Gasteiger partial charge in [-0.15, -0.1) is 0 Å². The SMILES string of the molecule is CC(C)(Cc1ccccc1Cl)NC(=O)c1ccc(Oc2cccnc2)cc1. The van der Waals surface area contributed by atoms with Gasteiger partial charge in [0, 0.05) is 22.3 Å². The summed E-state index contributed by atoms with van der Waals surface area (Å²) in [5, 5.41) is 3.77. The Bertz CT molecular complexity index is 909. The summed E-state index contributed by atoms with van der Waals surface area (Å²) in [7, 11) is 0. The highest BCUT2D eigenvalue weighted by Crippen LogP contribution is 2.23. The summed E-state index contributed by atoms with van der Waals surface area (Å²) in [5.41, 5.74) is 1.14. The molecule has 0 radical (unpaired) electrons. The van der Waals surface area contributed by atoms with Crippen LogP contribution >= 0.6 is 11.6 Å². The molecule has 5 heteroatoms. The molecule has 3 aromatic rings. The van der Waals surface area contributed by atoms with E-state index in [1.54, 1.807) is 42.7 Å². The minimum absolute atomic E-state index is 0.139. The number of rotatable bonds is 6. The molecule has 0 atom stereocenters. The number of amides is 1. The van der Waals surface area contributed by atoms with Gasteiger partial charge in [0.15, 0.2) is 0 Å². The first-order valence-electron chi connectivity index (χ1n) is 8.67. The van der Waals surface area contributed by atoms with Gasteiger partial charge >= 0.3 is 0 Å². The lowest BCUT2D eigenvalue weighted by atomic mass is 9.94. The number of carbonyl (C=O) groups is 1. The quantitative estimate of drug-likeness (QED) is 0.633. The van der Waals surface area contributed by atoms with Gasteiger partial charge in [-0.3, -0.25) is 9.78 Å². The van der Waals surface area contributed by atoms with Crippen molar-refractivity contribution in [3.8, 4) is 11.5 Å². The van der Waals surface area contributed by atoms with Crippen LogP contribution in [0.1, 0.15) is 29.8 Å². The summed E-state index contributed by atoms with van der Waals surface area (Å²) in [6, 6.07) is 18.3. The number of nitrogens with one attached hydrogen (secondary N) is 1. The molecule has 0 aliphatic rings. The van der Waals surface area contributed by atoms with Crippen LogP contribution in [0.15, 0.2) is 73.1 Å². The molecule has 1 N–H and O–H groups in total. The minimum atomic E-state index is -0.438. The molecule has 2 aromatic carbocycles. The summed E-state index contributed by atoms with van der Waals surface area (Å²) < 4.78 is 5.70. The molecule has 1 aromatic heterocycles. The second-order valence-corrected chi connectivity index (χ2v) is 7.33. The molecule has 0 saturated heterocycles. The third kappa shape index (κ3) is 5.31. The molecule has 0 fully saturated rings. The monoisotopic (exact) mass is 380 g/mol. The molecule has 3 rings (SSSR count). The van der Waals surface area contributed by atoms with Crippen molar-refractivity contribution < 1.29 is 9.53 Å². The zero-order chi connectivity index (χ0) is 19.3. The fraction of sp³-hybridized carbons (Fsp3) is 0.182. The Balaban J connectivity index is 1.64. The predicted octanol–water partition coefficient (Wildman–Crippen LogP) is 5.28. The molecule has 0 saturated carbocycles. The van der Waals surface area contributed by atoms with Crippen LogP contribution in [0.3, 0.4) is 0 Å². The maximum Gasteiger partial charge on any atom is 0.251 e. The zero-order valence-corrected chi connectivity index (χ0v) is 16.0. The van der Waals surface area contributed by atoms with Gasteiger partial charge in [0.2, 0.25) is 0 Å². The van der Waals surface area contributed by atoms with Gasteiger partial charge in [-0.2, -0.15) is 0 Å². The first-order chi connectivity index (χ1) is 12.9. The molecule has 0 bridgehead atoms. The number of hydrogen-bond acceptors (Lipinski definition) is 3. The second-order valence-electron chi connectivity index (χ2n) is 6.92. The number of halogens is 1. The van der Waals surface area contributed by atoms with Crippen LogP contribution in [0.25, 0.3) is 0 Å². The number of nitrogens with zero attached hydrogens (tertiary/aromatic N) is 1. The molecule has 138 valence electrons. The van der Waals surface area contributed by atoms with Crippen molar-refractivity contribution in [2.75, 3.05) is 0 Å². The van der Waals surface area contributed by atoms with Crippen LogP contribution < -0.4 is 10.1 Å².